The number of methoxy groups -OCH3 is 1. The maximum Gasteiger partial charge on any atom is 0.227 e. The van der Waals surface area contributed by atoms with Crippen molar-refractivity contribution >= 4 is 11.6 Å². The molecular formula is C24H30F2N2O2. The maximum atomic E-state index is 14.0. The number of nitrogens with zero attached hydrogens (tertiary/aromatic N) is 2. The first-order valence-corrected chi connectivity index (χ1v) is 10.5. The van der Waals surface area contributed by atoms with E-state index in [4.69, 9.17) is 4.74 Å². The molecule has 1 heterocycles. The summed E-state index contributed by atoms with van der Waals surface area (Å²) < 4.78 is 32.4. The van der Waals surface area contributed by atoms with Crippen molar-refractivity contribution in [3.05, 3.63) is 59.7 Å². The summed E-state index contributed by atoms with van der Waals surface area (Å²) in [7, 11) is 1.62. The standard InChI is InChI=1S/C24H30F2N2O2/c1-17(2)14-24(29)28(20-6-8-22(30-3)9-7-20)21-10-12-27(13-11-21)16-18-4-5-19(25)15-23(18)26/h4-9,15,17,21H,10-14,16H2,1-3H3. The first-order valence-electron chi connectivity index (χ1n) is 10.5. The van der Waals surface area contributed by atoms with Crippen LogP contribution in [0.15, 0.2) is 42.5 Å². The summed E-state index contributed by atoms with van der Waals surface area (Å²) in [5, 5.41) is 0. The Morgan fingerprint density at radius 3 is 2.37 bits per heavy atom. The first kappa shape index (κ1) is 22.2. The Hall–Kier alpha value is -2.47. The van der Waals surface area contributed by atoms with Crippen LogP contribution < -0.4 is 9.64 Å². The number of anilines is 1. The largest absolute Gasteiger partial charge is 0.497 e. The minimum atomic E-state index is -0.561. The Morgan fingerprint density at radius 2 is 1.80 bits per heavy atom. The monoisotopic (exact) mass is 416 g/mol. The van der Waals surface area contributed by atoms with E-state index in [1.165, 1.54) is 12.1 Å². The zero-order chi connectivity index (χ0) is 21.7. The third-order valence-electron chi connectivity index (χ3n) is 5.53. The molecule has 0 saturated carbocycles. The van der Waals surface area contributed by atoms with Gasteiger partial charge in [-0.1, -0.05) is 19.9 Å². The van der Waals surface area contributed by atoms with Crippen LogP contribution in [0.1, 0.15) is 38.7 Å². The number of piperidine rings is 1. The Bertz CT molecular complexity index is 847. The minimum Gasteiger partial charge on any atom is -0.497 e. The van der Waals surface area contributed by atoms with E-state index in [1.807, 2.05) is 43.0 Å². The molecule has 1 amide bonds. The van der Waals surface area contributed by atoms with Crippen LogP contribution in [0.5, 0.6) is 5.75 Å². The Labute approximate surface area is 177 Å². The molecule has 1 saturated heterocycles. The van der Waals surface area contributed by atoms with Crippen molar-refractivity contribution in [2.24, 2.45) is 5.92 Å². The number of hydrogen-bond donors (Lipinski definition) is 0. The smallest absolute Gasteiger partial charge is 0.227 e. The molecule has 0 atom stereocenters. The molecule has 0 N–H and O–H groups in total. The van der Waals surface area contributed by atoms with Crippen LogP contribution in [0.4, 0.5) is 14.5 Å². The molecule has 6 heteroatoms. The highest BCUT2D eigenvalue weighted by Crippen LogP contribution is 2.28. The van der Waals surface area contributed by atoms with E-state index in [2.05, 4.69) is 4.90 Å². The van der Waals surface area contributed by atoms with Crippen LogP contribution in [0, 0.1) is 17.6 Å². The van der Waals surface area contributed by atoms with Gasteiger partial charge in [-0.2, -0.15) is 0 Å². The second kappa shape index (κ2) is 10.0. The Morgan fingerprint density at radius 1 is 1.13 bits per heavy atom. The number of amides is 1. The van der Waals surface area contributed by atoms with Gasteiger partial charge >= 0.3 is 0 Å². The number of ether oxygens (including phenoxy) is 1. The normalized spacial score (nSPS) is 15.4. The number of benzene rings is 2. The fourth-order valence-electron chi connectivity index (χ4n) is 3.98. The molecular weight excluding hydrogens is 386 g/mol. The van der Waals surface area contributed by atoms with Crippen LogP contribution in [0.3, 0.4) is 0 Å². The van der Waals surface area contributed by atoms with Crippen LogP contribution in [0.25, 0.3) is 0 Å². The zero-order valence-corrected chi connectivity index (χ0v) is 17.9. The lowest BCUT2D eigenvalue weighted by Crippen LogP contribution is -2.47. The van der Waals surface area contributed by atoms with E-state index in [1.54, 1.807) is 7.11 Å². The maximum absolute atomic E-state index is 14.0. The van der Waals surface area contributed by atoms with Crippen molar-refractivity contribution in [2.45, 2.75) is 45.7 Å². The molecule has 162 valence electrons. The van der Waals surface area contributed by atoms with Gasteiger partial charge in [0.15, 0.2) is 0 Å². The number of carbonyl (C=O) groups excluding carboxylic acids is 1. The van der Waals surface area contributed by atoms with Crippen molar-refractivity contribution in [1.82, 2.24) is 4.90 Å². The van der Waals surface area contributed by atoms with Crippen molar-refractivity contribution in [3.63, 3.8) is 0 Å². The summed E-state index contributed by atoms with van der Waals surface area (Å²) in [6, 6.07) is 11.4. The molecule has 0 aromatic heterocycles. The van der Waals surface area contributed by atoms with E-state index in [0.717, 1.165) is 43.4 Å². The van der Waals surface area contributed by atoms with Gasteiger partial charge in [0, 0.05) is 49.4 Å². The van der Waals surface area contributed by atoms with Crippen LogP contribution in [0.2, 0.25) is 0 Å². The summed E-state index contributed by atoms with van der Waals surface area (Å²) in [6.07, 6.45) is 2.10. The predicted molar refractivity (Wildman–Crippen MR) is 115 cm³/mol. The molecule has 2 aromatic rings. The van der Waals surface area contributed by atoms with E-state index in [-0.39, 0.29) is 17.9 Å². The topological polar surface area (TPSA) is 32.8 Å². The molecule has 0 aliphatic carbocycles. The number of carbonyl (C=O) groups is 1. The summed E-state index contributed by atoms with van der Waals surface area (Å²) >= 11 is 0. The quantitative estimate of drug-likeness (QED) is 0.636. The SMILES string of the molecule is COc1ccc(N(C(=O)CC(C)C)C2CCN(Cc3ccc(F)cc3F)CC2)cc1. The minimum absolute atomic E-state index is 0.0963. The highest BCUT2D eigenvalue weighted by Gasteiger charge is 2.29. The summed E-state index contributed by atoms with van der Waals surface area (Å²) in [6.45, 7) is 6.04. The lowest BCUT2D eigenvalue weighted by atomic mass is 9.99. The van der Waals surface area contributed by atoms with E-state index in [0.29, 0.717) is 18.5 Å². The van der Waals surface area contributed by atoms with Gasteiger partial charge in [0.2, 0.25) is 5.91 Å². The van der Waals surface area contributed by atoms with Gasteiger partial charge in [-0.25, -0.2) is 8.78 Å². The predicted octanol–water partition coefficient (Wildman–Crippen LogP) is 5.02. The highest BCUT2D eigenvalue weighted by molar-refractivity contribution is 5.94. The van der Waals surface area contributed by atoms with E-state index < -0.39 is 11.6 Å². The lowest BCUT2D eigenvalue weighted by Gasteiger charge is -2.39. The number of hydrogen-bond acceptors (Lipinski definition) is 3. The lowest BCUT2D eigenvalue weighted by molar-refractivity contribution is -0.120. The van der Waals surface area contributed by atoms with Crippen molar-refractivity contribution in [2.75, 3.05) is 25.1 Å². The molecule has 0 spiro atoms. The van der Waals surface area contributed by atoms with Gasteiger partial charge in [-0.3, -0.25) is 9.69 Å². The third-order valence-corrected chi connectivity index (χ3v) is 5.53. The van der Waals surface area contributed by atoms with Gasteiger partial charge in [0.05, 0.1) is 7.11 Å². The molecule has 30 heavy (non-hydrogen) atoms. The average Bonchev–Trinajstić information content (AvgIpc) is 2.71. The number of rotatable bonds is 7. The van der Waals surface area contributed by atoms with Gasteiger partial charge in [0.1, 0.15) is 17.4 Å². The fraction of sp³-hybridized carbons (Fsp3) is 0.458. The summed E-state index contributed by atoms with van der Waals surface area (Å²) in [5.41, 5.74) is 1.38. The van der Waals surface area contributed by atoms with E-state index in [9.17, 15) is 13.6 Å². The van der Waals surface area contributed by atoms with Crippen LogP contribution >= 0.6 is 0 Å². The summed E-state index contributed by atoms with van der Waals surface area (Å²) in [4.78, 5) is 17.1. The molecule has 2 aromatic carbocycles. The average molecular weight is 417 g/mol. The van der Waals surface area contributed by atoms with Gasteiger partial charge in [-0.15, -0.1) is 0 Å². The second-order valence-electron chi connectivity index (χ2n) is 8.30. The fourth-order valence-corrected chi connectivity index (χ4v) is 3.98. The molecule has 3 rings (SSSR count). The molecule has 1 aliphatic heterocycles. The van der Waals surface area contributed by atoms with Crippen molar-refractivity contribution < 1.29 is 18.3 Å². The molecule has 1 aliphatic rings. The van der Waals surface area contributed by atoms with Crippen molar-refractivity contribution in [3.8, 4) is 5.75 Å². The second-order valence-corrected chi connectivity index (χ2v) is 8.30. The van der Waals surface area contributed by atoms with Gasteiger partial charge in [0.25, 0.3) is 0 Å². The first-order chi connectivity index (χ1) is 14.4. The molecule has 0 unspecified atom stereocenters. The Kier molecular flexibility index (Phi) is 7.43. The molecule has 1 fully saturated rings. The van der Waals surface area contributed by atoms with Crippen molar-refractivity contribution in [1.29, 1.82) is 0 Å². The van der Waals surface area contributed by atoms with E-state index >= 15 is 0 Å². The summed E-state index contributed by atoms with van der Waals surface area (Å²) in [5.74, 6) is 0.0852. The molecule has 4 nitrogen and oxygen atoms in total. The molecule has 0 bridgehead atoms. The molecule has 0 radical (unpaired) electrons. The number of likely N-dealkylation sites (tertiary alicyclic amines) is 1. The van der Waals surface area contributed by atoms with Gasteiger partial charge in [-0.05, 0) is 49.1 Å². The van der Waals surface area contributed by atoms with Crippen LogP contribution in [-0.2, 0) is 11.3 Å². The van der Waals surface area contributed by atoms with Gasteiger partial charge < -0.3 is 9.64 Å². The zero-order valence-electron chi connectivity index (χ0n) is 17.9. The third kappa shape index (κ3) is 5.57. The highest BCUT2D eigenvalue weighted by atomic mass is 19.1. The Balaban J connectivity index is 1.69. The number of halogens is 2. The van der Waals surface area contributed by atoms with Crippen LogP contribution in [-0.4, -0.2) is 37.0 Å².